The summed E-state index contributed by atoms with van der Waals surface area (Å²) in [5.74, 6) is -0.979. The van der Waals surface area contributed by atoms with Crippen molar-refractivity contribution in [3.8, 4) is 0 Å². The van der Waals surface area contributed by atoms with Gasteiger partial charge in [-0.1, -0.05) is 48.5 Å². The molecule has 0 amide bonds. The summed E-state index contributed by atoms with van der Waals surface area (Å²) in [4.78, 5) is 11.5. The van der Waals surface area contributed by atoms with Gasteiger partial charge in [0.2, 0.25) is 0 Å². The molecule has 0 aliphatic rings. The molecule has 0 aromatic heterocycles. The fourth-order valence-corrected chi connectivity index (χ4v) is 2.10. The van der Waals surface area contributed by atoms with Crippen LogP contribution >= 0.6 is 0 Å². The number of hydrogen-bond donors (Lipinski definition) is 0. The average Bonchev–Trinajstić information content (AvgIpc) is 2.46. The summed E-state index contributed by atoms with van der Waals surface area (Å²) >= 11 is 0. The lowest BCUT2D eigenvalue weighted by Gasteiger charge is -2.17. The van der Waals surface area contributed by atoms with Crippen LogP contribution in [0.5, 0.6) is 0 Å². The second kappa shape index (κ2) is 6.14. The zero-order valence-corrected chi connectivity index (χ0v) is 10.7. The standard InChI is InChI=1S/C16H15FO2/c1-19-16(18)11-14(12-7-3-2-4-8-12)13-9-5-6-10-15(13)17/h2-10,14H,11H2,1H3. The third-order valence-electron chi connectivity index (χ3n) is 3.08. The van der Waals surface area contributed by atoms with Crippen LogP contribution in [0.25, 0.3) is 0 Å². The van der Waals surface area contributed by atoms with Gasteiger partial charge in [0.15, 0.2) is 0 Å². The number of carbonyl (C=O) groups excluding carboxylic acids is 1. The van der Waals surface area contributed by atoms with Gasteiger partial charge in [0.25, 0.3) is 0 Å². The van der Waals surface area contributed by atoms with Crippen molar-refractivity contribution < 1.29 is 13.9 Å². The number of carbonyl (C=O) groups is 1. The molecule has 0 spiro atoms. The van der Waals surface area contributed by atoms with Gasteiger partial charge < -0.3 is 4.74 Å². The zero-order valence-electron chi connectivity index (χ0n) is 10.7. The molecule has 19 heavy (non-hydrogen) atoms. The first-order chi connectivity index (χ1) is 9.22. The molecule has 0 fully saturated rings. The third kappa shape index (κ3) is 3.19. The Labute approximate surface area is 111 Å². The second-order valence-corrected chi connectivity index (χ2v) is 4.27. The monoisotopic (exact) mass is 258 g/mol. The molecule has 0 radical (unpaired) electrons. The van der Waals surface area contributed by atoms with Crippen LogP contribution in [0.4, 0.5) is 4.39 Å². The smallest absolute Gasteiger partial charge is 0.306 e. The van der Waals surface area contributed by atoms with Gasteiger partial charge >= 0.3 is 5.97 Å². The largest absolute Gasteiger partial charge is 0.469 e. The molecule has 0 bridgehead atoms. The molecule has 1 unspecified atom stereocenters. The van der Waals surface area contributed by atoms with Gasteiger partial charge in [0.05, 0.1) is 13.5 Å². The van der Waals surface area contributed by atoms with E-state index in [4.69, 9.17) is 4.74 Å². The van der Waals surface area contributed by atoms with Crippen LogP contribution in [-0.4, -0.2) is 13.1 Å². The zero-order chi connectivity index (χ0) is 13.7. The molecule has 1 atom stereocenters. The highest BCUT2D eigenvalue weighted by molar-refractivity contribution is 5.71. The summed E-state index contributed by atoms with van der Waals surface area (Å²) < 4.78 is 18.6. The second-order valence-electron chi connectivity index (χ2n) is 4.27. The summed E-state index contributed by atoms with van der Waals surface area (Å²) in [6.45, 7) is 0. The van der Waals surface area contributed by atoms with Crippen molar-refractivity contribution >= 4 is 5.97 Å². The van der Waals surface area contributed by atoms with E-state index in [1.807, 2.05) is 30.3 Å². The number of ether oxygens (including phenoxy) is 1. The van der Waals surface area contributed by atoms with E-state index in [0.29, 0.717) is 5.56 Å². The van der Waals surface area contributed by atoms with E-state index < -0.39 is 0 Å². The molecule has 3 heteroatoms. The van der Waals surface area contributed by atoms with Gasteiger partial charge in [-0.15, -0.1) is 0 Å². The minimum Gasteiger partial charge on any atom is -0.469 e. The van der Waals surface area contributed by atoms with Gasteiger partial charge in [0, 0.05) is 5.92 Å². The molecule has 0 heterocycles. The van der Waals surface area contributed by atoms with Crippen LogP contribution < -0.4 is 0 Å². The molecule has 0 saturated carbocycles. The van der Waals surface area contributed by atoms with Crippen LogP contribution in [-0.2, 0) is 9.53 Å². The number of methoxy groups -OCH3 is 1. The van der Waals surface area contributed by atoms with E-state index in [2.05, 4.69) is 0 Å². The Morgan fingerprint density at radius 3 is 2.37 bits per heavy atom. The molecule has 2 nitrogen and oxygen atoms in total. The molecule has 2 aromatic carbocycles. The molecular formula is C16H15FO2. The van der Waals surface area contributed by atoms with E-state index in [9.17, 15) is 9.18 Å². The maximum absolute atomic E-state index is 13.9. The van der Waals surface area contributed by atoms with Crippen molar-refractivity contribution in [2.45, 2.75) is 12.3 Å². The van der Waals surface area contributed by atoms with Gasteiger partial charge in [-0.3, -0.25) is 4.79 Å². The summed E-state index contributed by atoms with van der Waals surface area (Å²) in [5.41, 5.74) is 1.41. The lowest BCUT2D eigenvalue weighted by Crippen LogP contribution is -2.11. The Bertz CT molecular complexity index is 552. The molecular weight excluding hydrogens is 243 g/mol. The van der Waals surface area contributed by atoms with Gasteiger partial charge in [-0.25, -0.2) is 4.39 Å². The van der Waals surface area contributed by atoms with Gasteiger partial charge in [-0.2, -0.15) is 0 Å². The molecule has 2 aromatic rings. The SMILES string of the molecule is COC(=O)CC(c1ccccc1)c1ccccc1F. The van der Waals surface area contributed by atoms with Crippen molar-refractivity contribution in [2.24, 2.45) is 0 Å². The summed E-state index contributed by atoms with van der Waals surface area (Å²) in [6.07, 6.45) is 0.126. The summed E-state index contributed by atoms with van der Waals surface area (Å²) in [7, 11) is 1.34. The third-order valence-corrected chi connectivity index (χ3v) is 3.08. The fraction of sp³-hybridized carbons (Fsp3) is 0.188. The molecule has 98 valence electrons. The number of benzene rings is 2. The number of rotatable bonds is 4. The quantitative estimate of drug-likeness (QED) is 0.784. The Balaban J connectivity index is 2.40. The number of esters is 1. The highest BCUT2D eigenvalue weighted by Crippen LogP contribution is 2.30. The normalized spacial score (nSPS) is 11.9. The van der Waals surface area contributed by atoms with Crippen LogP contribution in [0.3, 0.4) is 0 Å². The summed E-state index contributed by atoms with van der Waals surface area (Å²) in [5, 5.41) is 0. The molecule has 2 rings (SSSR count). The highest BCUT2D eigenvalue weighted by atomic mass is 19.1. The van der Waals surface area contributed by atoms with Crippen LogP contribution in [0.15, 0.2) is 54.6 Å². The Morgan fingerprint density at radius 1 is 1.11 bits per heavy atom. The van der Waals surface area contributed by atoms with E-state index in [1.165, 1.54) is 13.2 Å². The molecule has 0 aliphatic carbocycles. The first-order valence-corrected chi connectivity index (χ1v) is 6.08. The van der Waals surface area contributed by atoms with Gasteiger partial charge in [0.1, 0.15) is 5.82 Å². The van der Waals surface area contributed by atoms with Crippen molar-refractivity contribution in [1.82, 2.24) is 0 Å². The van der Waals surface area contributed by atoms with E-state index in [1.54, 1.807) is 18.2 Å². The lowest BCUT2D eigenvalue weighted by atomic mass is 9.88. The molecule has 0 N–H and O–H groups in total. The van der Waals surface area contributed by atoms with E-state index in [0.717, 1.165) is 5.56 Å². The van der Waals surface area contributed by atoms with Crippen molar-refractivity contribution in [3.63, 3.8) is 0 Å². The molecule has 0 saturated heterocycles. The Kier molecular flexibility index (Phi) is 4.29. The van der Waals surface area contributed by atoms with Crippen LogP contribution in [0.2, 0.25) is 0 Å². The summed E-state index contributed by atoms with van der Waals surface area (Å²) in [6, 6.07) is 15.9. The highest BCUT2D eigenvalue weighted by Gasteiger charge is 2.21. The number of hydrogen-bond acceptors (Lipinski definition) is 2. The maximum Gasteiger partial charge on any atom is 0.306 e. The maximum atomic E-state index is 13.9. The predicted molar refractivity (Wildman–Crippen MR) is 71.3 cm³/mol. The Morgan fingerprint density at radius 2 is 1.74 bits per heavy atom. The van der Waals surface area contributed by atoms with Gasteiger partial charge in [-0.05, 0) is 17.2 Å². The fourth-order valence-electron chi connectivity index (χ4n) is 2.10. The Hall–Kier alpha value is -2.16. The number of halogens is 1. The first kappa shape index (κ1) is 13.3. The van der Waals surface area contributed by atoms with E-state index >= 15 is 0 Å². The predicted octanol–water partition coefficient (Wildman–Crippen LogP) is 3.52. The molecule has 0 aliphatic heterocycles. The van der Waals surface area contributed by atoms with Crippen LogP contribution in [0.1, 0.15) is 23.5 Å². The van der Waals surface area contributed by atoms with Crippen LogP contribution in [0, 0.1) is 5.82 Å². The first-order valence-electron chi connectivity index (χ1n) is 6.08. The van der Waals surface area contributed by atoms with Crippen molar-refractivity contribution in [3.05, 3.63) is 71.5 Å². The minimum atomic E-state index is -0.350. The minimum absolute atomic E-state index is 0.126. The van der Waals surface area contributed by atoms with E-state index in [-0.39, 0.29) is 24.1 Å². The average molecular weight is 258 g/mol. The topological polar surface area (TPSA) is 26.3 Å². The van der Waals surface area contributed by atoms with Crippen molar-refractivity contribution in [2.75, 3.05) is 7.11 Å². The lowest BCUT2D eigenvalue weighted by molar-refractivity contribution is -0.140. The van der Waals surface area contributed by atoms with Crippen molar-refractivity contribution in [1.29, 1.82) is 0 Å².